The Balaban J connectivity index is 2.51. The van der Waals surface area contributed by atoms with Crippen molar-refractivity contribution >= 4 is 0 Å². The SMILES string of the molecule is CCCCCCCC(O)c1cc(C)c(F)cc1F. The summed E-state index contributed by atoms with van der Waals surface area (Å²) in [5.74, 6) is -1.22. The zero-order valence-electron chi connectivity index (χ0n) is 11.2. The van der Waals surface area contributed by atoms with Gasteiger partial charge in [-0.15, -0.1) is 0 Å². The predicted octanol–water partition coefficient (Wildman–Crippen LogP) is 4.67. The molecule has 1 N–H and O–H groups in total. The number of benzene rings is 1. The minimum absolute atomic E-state index is 0.212. The molecule has 1 aromatic carbocycles. The van der Waals surface area contributed by atoms with Crippen LogP contribution in [0.4, 0.5) is 8.78 Å². The van der Waals surface area contributed by atoms with E-state index in [1.807, 2.05) is 0 Å². The van der Waals surface area contributed by atoms with Crippen molar-refractivity contribution in [3.8, 4) is 0 Å². The van der Waals surface area contributed by atoms with E-state index in [-0.39, 0.29) is 5.56 Å². The summed E-state index contributed by atoms with van der Waals surface area (Å²) in [5.41, 5.74) is 0.584. The maximum atomic E-state index is 13.5. The molecule has 0 aromatic heterocycles. The lowest BCUT2D eigenvalue weighted by Gasteiger charge is -2.13. The third-order valence-electron chi connectivity index (χ3n) is 3.22. The molecule has 18 heavy (non-hydrogen) atoms. The zero-order chi connectivity index (χ0) is 13.5. The van der Waals surface area contributed by atoms with Crippen molar-refractivity contribution in [2.45, 2.75) is 58.5 Å². The summed E-state index contributed by atoms with van der Waals surface area (Å²) < 4.78 is 26.6. The van der Waals surface area contributed by atoms with Gasteiger partial charge >= 0.3 is 0 Å². The molecule has 102 valence electrons. The first-order valence-electron chi connectivity index (χ1n) is 6.69. The van der Waals surface area contributed by atoms with Gasteiger partial charge in [-0.05, 0) is 25.0 Å². The molecular weight excluding hydrogens is 234 g/mol. The molecule has 1 atom stereocenters. The standard InChI is InChI=1S/C15H22F2O/c1-3-4-5-6-7-8-15(18)12-9-11(2)13(16)10-14(12)17/h9-10,15,18H,3-8H2,1-2H3. The van der Waals surface area contributed by atoms with Crippen LogP contribution in [-0.2, 0) is 0 Å². The Morgan fingerprint density at radius 2 is 1.72 bits per heavy atom. The molecular formula is C15H22F2O. The smallest absolute Gasteiger partial charge is 0.131 e. The second-order valence-corrected chi connectivity index (χ2v) is 4.84. The van der Waals surface area contributed by atoms with Gasteiger partial charge in [0.25, 0.3) is 0 Å². The van der Waals surface area contributed by atoms with E-state index >= 15 is 0 Å². The van der Waals surface area contributed by atoms with Crippen LogP contribution in [0.15, 0.2) is 12.1 Å². The maximum Gasteiger partial charge on any atom is 0.131 e. The van der Waals surface area contributed by atoms with Crippen molar-refractivity contribution in [1.82, 2.24) is 0 Å². The van der Waals surface area contributed by atoms with Crippen LogP contribution in [0.1, 0.15) is 62.7 Å². The van der Waals surface area contributed by atoms with E-state index in [1.54, 1.807) is 6.92 Å². The number of unbranched alkanes of at least 4 members (excludes halogenated alkanes) is 4. The number of hydrogen-bond donors (Lipinski definition) is 1. The summed E-state index contributed by atoms with van der Waals surface area (Å²) in [7, 11) is 0. The Labute approximate surface area is 108 Å². The Hall–Kier alpha value is -0.960. The van der Waals surface area contributed by atoms with E-state index < -0.39 is 17.7 Å². The molecule has 0 bridgehead atoms. The number of aliphatic hydroxyl groups excluding tert-OH is 1. The molecule has 0 aliphatic carbocycles. The summed E-state index contributed by atoms with van der Waals surface area (Å²) >= 11 is 0. The first kappa shape index (κ1) is 15.1. The van der Waals surface area contributed by atoms with Crippen LogP contribution in [0, 0.1) is 18.6 Å². The molecule has 1 aromatic rings. The molecule has 0 radical (unpaired) electrons. The number of aliphatic hydroxyl groups is 1. The lowest BCUT2D eigenvalue weighted by atomic mass is 10.00. The third kappa shape index (κ3) is 4.37. The van der Waals surface area contributed by atoms with Gasteiger partial charge in [0.1, 0.15) is 11.6 Å². The van der Waals surface area contributed by atoms with Gasteiger partial charge in [-0.1, -0.05) is 39.0 Å². The second kappa shape index (κ2) is 7.47. The summed E-state index contributed by atoms with van der Waals surface area (Å²) in [6.45, 7) is 3.72. The number of aryl methyl sites for hydroxylation is 1. The van der Waals surface area contributed by atoms with E-state index in [2.05, 4.69) is 6.92 Å². The number of hydrogen-bond acceptors (Lipinski definition) is 1. The van der Waals surface area contributed by atoms with Crippen molar-refractivity contribution in [1.29, 1.82) is 0 Å². The van der Waals surface area contributed by atoms with Crippen LogP contribution >= 0.6 is 0 Å². The van der Waals surface area contributed by atoms with Crippen LogP contribution < -0.4 is 0 Å². The van der Waals surface area contributed by atoms with Gasteiger partial charge in [-0.25, -0.2) is 8.78 Å². The van der Waals surface area contributed by atoms with E-state index in [0.717, 1.165) is 25.3 Å². The molecule has 1 unspecified atom stereocenters. The molecule has 0 saturated heterocycles. The topological polar surface area (TPSA) is 20.2 Å². The third-order valence-corrected chi connectivity index (χ3v) is 3.22. The van der Waals surface area contributed by atoms with Crippen LogP contribution in [0.5, 0.6) is 0 Å². The fraction of sp³-hybridized carbons (Fsp3) is 0.600. The van der Waals surface area contributed by atoms with Crippen molar-refractivity contribution in [3.63, 3.8) is 0 Å². The van der Waals surface area contributed by atoms with Crippen molar-refractivity contribution in [2.24, 2.45) is 0 Å². The van der Waals surface area contributed by atoms with Gasteiger partial charge in [0.15, 0.2) is 0 Å². The number of halogens is 2. The quantitative estimate of drug-likeness (QED) is 0.703. The van der Waals surface area contributed by atoms with Crippen molar-refractivity contribution in [2.75, 3.05) is 0 Å². The van der Waals surface area contributed by atoms with E-state index in [0.29, 0.717) is 12.0 Å². The molecule has 1 nitrogen and oxygen atoms in total. The summed E-state index contributed by atoms with van der Waals surface area (Å²) in [6.07, 6.45) is 5.14. The second-order valence-electron chi connectivity index (χ2n) is 4.84. The Bertz CT molecular complexity index is 377. The first-order chi connectivity index (χ1) is 8.56. The predicted molar refractivity (Wildman–Crippen MR) is 69.4 cm³/mol. The number of rotatable bonds is 7. The summed E-state index contributed by atoms with van der Waals surface area (Å²) in [5, 5.41) is 9.91. The largest absolute Gasteiger partial charge is 0.388 e. The van der Waals surface area contributed by atoms with Gasteiger partial charge in [-0.3, -0.25) is 0 Å². The minimum Gasteiger partial charge on any atom is -0.388 e. The lowest BCUT2D eigenvalue weighted by Crippen LogP contribution is -2.03. The molecule has 0 spiro atoms. The Morgan fingerprint density at radius 3 is 2.39 bits per heavy atom. The van der Waals surface area contributed by atoms with Gasteiger partial charge in [0, 0.05) is 11.6 Å². The van der Waals surface area contributed by atoms with Crippen LogP contribution in [0.25, 0.3) is 0 Å². The van der Waals surface area contributed by atoms with E-state index in [4.69, 9.17) is 0 Å². The highest BCUT2D eigenvalue weighted by Crippen LogP contribution is 2.25. The summed E-state index contributed by atoms with van der Waals surface area (Å²) in [4.78, 5) is 0. The summed E-state index contributed by atoms with van der Waals surface area (Å²) in [6, 6.07) is 2.26. The normalized spacial score (nSPS) is 12.7. The Kier molecular flexibility index (Phi) is 6.27. The average molecular weight is 256 g/mol. The Morgan fingerprint density at radius 1 is 1.06 bits per heavy atom. The molecule has 0 fully saturated rings. The molecule has 0 amide bonds. The van der Waals surface area contributed by atoms with Crippen LogP contribution in [-0.4, -0.2) is 5.11 Å². The first-order valence-corrected chi connectivity index (χ1v) is 6.69. The van der Waals surface area contributed by atoms with Gasteiger partial charge in [0.2, 0.25) is 0 Å². The fourth-order valence-electron chi connectivity index (χ4n) is 2.03. The maximum absolute atomic E-state index is 13.5. The molecule has 0 saturated carbocycles. The molecule has 1 rings (SSSR count). The fourth-order valence-corrected chi connectivity index (χ4v) is 2.03. The molecule has 0 aliphatic heterocycles. The van der Waals surface area contributed by atoms with E-state index in [9.17, 15) is 13.9 Å². The van der Waals surface area contributed by atoms with Crippen LogP contribution in [0.2, 0.25) is 0 Å². The van der Waals surface area contributed by atoms with Crippen LogP contribution in [0.3, 0.4) is 0 Å². The lowest BCUT2D eigenvalue weighted by molar-refractivity contribution is 0.158. The van der Waals surface area contributed by atoms with Crippen molar-refractivity contribution in [3.05, 3.63) is 34.9 Å². The van der Waals surface area contributed by atoms with E-state index in [1.165, 1.54) is 18.9 Å². The molecule has 0 aliphatic rings. The highest BCUT2D eigenvalue weighted by Gasteiger charge is 2.14. The van der Waals surface area contributed by atoms with Gasteiger partial charge in [0.05, 0.1) is 6.10 Å². The van der Waals surface area contributed by atoms with Crippen molar-refractivity contribution < 1.29 is 13.9 Å². The highest BCUT2D eigenvalue weighted by atomic mass is 19.1. The van der Waals surface area contributed by atoms with Gasteiger partial charge in [-0.2, -0.15) is 0 Å². The monoisotopic (exact) mass is 256 g/mol. The molecule has 0 heterocycles. The minimum atomic E-state index is -0.828. The highest BCUT2D eigenvalue weighted by molar-refractivity contribution is 5.27. The molecule has 3 heteroatoms. The van der Waals surface area contributed by atoms with Gasteiger partial charge < -0.3 is 5.11 Å². The average Bonchev–Trinajstić information content (AvgIpc) is 2.33. The zero-order valence-corrected chi connectivity index (χ0v) is 11.2.